The van der Waals surface area contributed by atoms with Crippen LogP contribution in [0.25, 0.3) is 11.0 Å². The maximum Gasteiger partial charge on any atom is 0.323 e. The van der Waals surface area contributed by atoms with Crippen molar-refractivity contribution in [3.8, 4) is 0 Å². The third-order valence-electron chi connectivity index (χ3n) is 4.47. The van der Waals surface area contributed by atoms with Crippen LogP contribution in [0.4, 0.5) is 22.0 Å². The maximum absolute atomic E-state index is 13.1. The Morgan fingerprint density at radius 2 is 1.90 bits per heavy atom. The number of nitrogens with two attached hydrogens (primary N) is 1. The Hall–Kier alpha value is -3.69. The first-order valence-electron chi connectivity index (χ1n) is 8.92. The molecule has 0 spiro atoms. The summed E-state index contributed by atoms with van der Waals surface area (Å²) in [6, 6.07) is 5.65. The van der Waals surface area contributed by atoms with E-state index in [1.165, 1.54) is 30.9 Å². The van der Waals surface area contributed by atoms with E-state index in [2.05, 4.69) is 25.6 Å². The number of ketones is 1. The zero-order chi connectivity index (χ0) is 22.1. The topological polar surface area (TPSA) is 128 Å². The highest BCUT2D eigenvalue weighted by Crippen LogP contribution is 2.27. The molecule has 3 aromatic heterocycles. The molecule has 0 bridgehead atoms. The SMILES string of the molecule is Cn1cc(C(=O)c2cncc(NC(=O)Nc3ccc(Cl)cc3Cl)c2)c2c(N)ncnc21. The normalized spacial score (nSPS) is 10.8. The van der Waals surface area contributed by atoms with E-state index < -0.39 is 6.03 Å². The summed E-state index contributed by atoms with van der Waals surface area (Å²) in [5.41, 5.74) is 7.80. The van der Waals surface area contributed by atoms with Crippen LogP contribution in [0.5, 0.6) is 0 Å². The van der Waals surface area contributed by atoms with Crippen molar-refractivity contribution in [3.63, 3.8) is 0 Å². The highest BCUT2D eigenvalue weighted by Gasteiger charge is 2.20. The second-order valence-electron chi connectivity index (χ2n) is 6.61. The third-order valence-corrected chi connectivity index (χ3v) is 5.01. The minimum absolute atomic E-state index is 0.204. The molecule has 11 heteroatoms. The van der Waals surface area contributed by atoms with Crippen molar-refractivity contribution in [2.24, 2.45) is 7.05 Å². The number of hydrogen-bond donors (Lipinski definition) is 3. The van der Waals surface area contributed by atoms with Crippen LogP contribution in [0.2, 0.25) is 10.0 Å². The second-order valence-corrected chi connectivity index (χ2v) is 7.45. The van der Waals surface area contributed by atoms with Gasteiger partial charge >= 0.3 is 6.03 Å². The van der Waals surface area contributed by atoms with E-state index in [1.807, 2.05) is 0 Å². The standard InChI is InChI=1S/C20H15Cl2N7O2/c1-29-8-13(16-18(23)25-9-26-19(16)29)17(30)10-4-12(7-24-6-10)27-20(31)28-15-3-2-11(21)5-14(15)22/h2-9H,1H3,(H2,23,25,26)(H2,27,28,31). The molecule has 4 N–H and O–H groups in total. The Kier molecular flexibility index (Phi) is 5.45. The number of benzene rings is 1. The van der Waals surface area contributed by atoms with E-state index in [0.29, 0.717) is 38.0 Å². The molecule has 156 valence electrons. The molecule has 3 heterocycles. The monoisotopic (exact) mass is 455 g/mol. The van der Waals surface area contributed by atoms with Crippen LogP contribution in [-0.2, 0) is 7.05 Å². The third kappa shape index (κ3) is 4.14. The van der Waals surface area contributed by atoms with E-state index in [4.69, 9.17) is 28.9 Å². The van der Waals surface area contributed by atoms with Gasteiger partial charge in [0, 0.05) is 30.0 Å². The molecule has 31 heavy (non-hydrogen) atoms. The first-order valence-corrected chi connectivity index (χ1v) is 9.67. The van der Waals surface area contributed by atoms with Gasteiger partial charge in [-0.05, 0) is 24.3 Å². The van der Waals surface area contributed by atoms with Gasteiger partial charge in [-0.1, -0.05) is 23.2 Å². The largest absolute Gasteiger partial charge is 0.383 e. The summed E-state index contributed by atoms with van der Waals surface area (Å²) in [6.07, 6.45) is 5.79. The predicted octanol–water partition coefficient (Wildman–Crippen LogP) is 4.13. The lowest BCUT2D eigenvalue weighted by Crippen LogP contribution is -2.20. The number of aromatic nitrogens is 4. The van der Waals surface area contributed by atoms with Gasteiger partial charge in [0.25, 0.3) is 0 Å². The molecule has 0 radical (unpaired) electrons. The average molecular weight is 456 g/mol. The summed E-state index contributed by atoms with van der Waals surface area (Å²) < 4.78 is 1.69. The number of anilines is 3. The summed E-state index contributed by atoms with van der Waals surface area (Å²) >= 11 is 11.9. The summed E-state index contributed by atoms with van der Waals surface area (Å²) in [7, 11) is 1.76. The lowest BCUT2D eigenvalue weighted by Gasteiger charge is -2.10. The molecule has 0 unspecified atom stereocenters. The number of amides is 2. The van der Waals surface area contributed by atoms with E-state index >= 15 is 0 Å². The van der Waals surface area contributed by atoms with Crippen molar-refractivity contribution >= 4 is 63.2 Å². The van der Waals surface area contributed by atoms with Gasteiger partial charge in [-0.25, -0.2) is 14.8 Å². The van der Waals surface area contributed by atoms with Crippen molar-refractivity contribution in [2.45, 2.75) is 0 Å². The van der Waals surface area contributed by atoms with Crippen molar-refractivity contribution in [3.05, 3.63) is 70.4 Å². The van der Waals surface area contributed by atoms with Crippen molar-refractivity contribution < 1.29 is 9.59 Å². The number of pyridine rings is 1. The van der Waals surface area contributed by atoms with Gasteiger partial charge in [-0.2, -0.15) is 0 Å². The first kappa shape index (κ1) is 20.6. The second kappa shape index (κ2) is 8.21. The van der Waals surface area contributed by atoms with E-state index in [1.54, 1.807) is 29.9 Å². The number of nitrogens with zero attached hydrogens (tertiary/aromatic N) is 4. The van der Waals surface area contributed by atoms with Gasteiger partial charge in [-0.3, -0.25) is 9.78 Å². The van der Waals surface area contributed by atoms with Crippen LogP contribution < -0.4 is 16.4 Å². The van der Waals surface area contributed by atoms with Crippen molar-refractivity contribution in [2.75, 3.05) is 16.4 Å². The number of urea groups is 1. The van der Waals surface area contributed by atoms with Crippen LogP contribution in [0.3, 0.4) is 0 Å². The van der Waals surface area contributed by atoms with E-state index in [0.717, 1.165) is 0 Å². The zero-order valence-corrected chi connectivity index (χ0v) is 17.6. The Morgan fingerprint density at radius 1 is 1.10 bits per heavy atom. The summed E-state index contributed by atoms with van der Waals surface area (Å²) in [5, 5.41) is 6.44. The Morgan fingerprint density at radius 3 is 2.68 bits per heavy atom. The van der Waals surface area contributed by atoms with Crippen LogP contribution in [0.1, 0.15) is 15.9 Å². The number of aryl methyl sites for hydroxylation is 1. The minimum Gasteiger partial charge on any atom is -0.383 e. The van der Waals surface area contributed by atoms with Gasteiger partial charge in [0.05, 0.1) is 33.5 Å². The van der Waals surface area contributed by atoms with E-state index in [9.17, 15) is 9.59 Å². The van der Waals surface area contributed by atoms with Crippen molar-refractivity contribution in [1.29, 1.82) is 0 Å². The number of carbonyl (C=O) groups is 2. The van der Waals surface area contributed by atoms with Gasteiger partial charge in [0.2, 0.25) is 0 Å². The molecule has 9 nitrogen and oxygen atoms in total. The summed E-state index contributed by atoms with van der Waals surface area (Å²) in [6.45, 7) is 0. The number of rotatable bonds is 4. The Bertz CT molecular complexity index is 1340. The molecule has 0 aliphatic heterocycles. The van der Waals surface area contributed by atoms with Gasteiger partial charge < -0.3 is 20.9 Å². The smallest absolute Gasteiger partial charge is 0.323 e. The molecule has 0 aliphatic rings. The molecule has 1 aromatic carbocycles. The fourth-order valence-corrected chi connectivity index (χ4v) is 3.53. The Labute approximate surface area is 186 Å². The molecule has 0 saturated carbocycles. The van der Waals surface area contributed by atoms with Crippen LogP contribution in [0.15, 0.2) is 49.2 Å². The molecule has 4 aromatic rings. The van der Waals surface area contributed by atoms with Gasteiger partial charge in [-0.15, -0.1) is 0 Å². The lowest BCUT2D eigenvalue weighted by molar-refractivity contribution is 0.103. The zero-order valence-electron chi connectivity index (χ0n) is 16.1. The maximum atomic E-state index is 13.1. The molecular weight excluding hydrogens is 441 g/mol. The number of halogens is 2. The van der Waals surface area contributed by atoms with E-state index in [-0.39, 0.29) is 17.2 Å². The first-order chi connectivity index (χ1) is 14.8. The molecule has 2 amide bonds. The number of nitrogens with one attached hydrogen (secondary N) is 2. The predicted molar refractivity (Wildman–Crippen MR) is 120 cm³/mol. The molecule has 0 fully saturated rings. The molecule has 4 rings (SSSR count). The highest BCUT2D eigenvalue weighted by molar-refractivity contribution is 6.36. The number of hydrogen-bond acceptors (Lipinski definition) is 6. The lowest BCUT2D eigenvalue weighted by atomic mass is 10.1. The van der Waals surface area contributed by atoms with Crippen LogP contribution in [0, 0.1) is 0 Å². The fraction of sp³-hybridized carbons (Fsp3) is 0.0500. The molecule has 0 aliphatic carbocycles. The van der Waals surface area contributed by atoms with Crippen molar-refractivity contribution in [1.82, 2.24) is 19.5 Å². The molecule has 0 atom stereocenters. The number of fused-ring (bicyclic) bond motifs is 1. The fourth-order valence-electron chi connectivity index (χ4n) is 3.07. The molecule has 0 saturated heterocycles. The Balaban J connectivity index is 1.57. The summed E-state index contributed by atoms with van der Waals surface area (Å²) in [5.74, 6) is -0.125. The number of nitrogen functional groups attached to an aromatic ring is 1. The van der Waals surface area contributed by atoms with Crippen LogP contribution >= 0.6 is 23.2 Å². The summed E-state index contributed by atoms with van der Waals surface area (Å²) in [4.78, 5) is 37.6. The van der Waals surface area contributed by atoms with Gasteiger partial charge in [0.1, 0.15) is 17.8 Å². The highest BCUT2D eigenvalue weighted by atomic mass is 35.5. The quantitative estimate of drug-likeness (QED) is 0.396. The minimum atomic E-state index is -0.557. The average Bonchev–Trinajstić information content (AvgIpc) is 3.08. The van der Waals surface area contributed by atoms with Crippen LogP contribution in [-0.4, -0.2) is 31.3 Å². The number of carbonyl (C=O) groups excluding carboxylic acids is 2. The molecular formula is C20H15Cl2N7O2. The van der Waals surface area contributed by atoms with Gasteiger partial charge in [0.15, 0.2) is 5.78 Å².